The molecule has 20 heavy (non-hydrogen) atoms. The van der Waals surface area contributed by atoms with Gasteiger partial charge in [-0.2, -0.15) is 0 Å². The van der Waals surface area contributed by atoms with E-state index in [0.29, 0.717) is 29.6 Å². The van der Waals surface area contributed by atoms with E-state index in [1.807, 2.05) is 7.05 Å². The third kappa shape index (κ3) is 1.83. The molecule has 0 fully saturated rings. The highest BCUT2D eigenvalue weighted by Crippen LogP contribution is 2.27. The average Bonchev–Trinajstić information content (AvgIpc) is 2.39. The Morgan fingerprint density at radius 3 is 2.65 bits per heavy atom. The van der Waals surface area contributed by atoms with E-state index in [0.717, 1.165) is 17.7 Å². The molecule has 0 unspecified atom stereocenters. The number of likely N-dealkylation sites (N-methyl/N-ethyl adjacent to an activating group) is 1. The summed E-state index contributed by atoms with van der Waals surface area (Å²) in [5.74, 6) is -0.528. The SMILES string of the molecule is CN1CCc2c(C(N)=O)cc3[nH]c(=O)c(=O)[nH]c3c2C1. The Bertz CT molecular complexity index is 834. The maximum absolute atomic E-state index is 11.6. The van der Waals surface area contributed by atoms with Crippen LogP contribution in [0, 0.1) is 0 Å². The fourth-order valence-electron chi connectivity index (χ4n) is 2.70. The molecule has 0 aliphatic carbocycles. The second-order valence-electron chi connectivity index (χ2n) is 5.06. The van der Waals surface area contributed by atoms with Crippen molar-refractivity contribution >= 4 is 16.9 Å². The molecule has 0 bridgehead atoms. The van der Waals surface area contributed by atoms with Crippen LogP contribution in [0.15, 0.2) is 15.7 Å². The maximum Gasteiger partial charge on any atom is 0.314 e. The van der Waals surface area contributed by atoms with Crippen molar-refractivity contribution in [1.29, 1.82) is 0 Å². The molecule has 0 saturated carbocycles. The normalized spacial score (nSPS) is 15.2. The number of hydrogen-bond donors (Lipinski definition) is 3. The van der Waals surface area contributed by atoms with Crippen LogP contribution in [0.2, 0.25) is 0 Å². The van der Waals surface area contributed by atoms with E-state index < -0.39 is 17.0 Å². The zero-order valence-electron chi connectivity index (χ0n) is 10.9. The highest BCUT2D eigenvalue weighted by atomic mass is 16.2. The van der Waals surface area contributed by atoms with Gasteiger partial charge in [0.05, 0.1) is 11.0 Å². The van der Waals surface area contributed by atoms with Gasteiger partial charge < -0.3 is 20.6 Å². The fourth-order valence-corrected chi connectivity index (χ4v) is 2.70. The number of nitrogens with one attached hydrogen (secondary N) is 2. The first-order chi connectivity index (χ1) is 9.47. The highest BCUT2D eigenvalue weighted by Gasteiger charge is 2.22. The molecule has 2 aromatic rings. The summed E-state index contributed by atoms with van der Waals surface area (Å²) in [6.07, 6.45) is 0.682. The first kappa shape index (κ1) is 12.6. The topological polar surface area (TPSA) is 112 Å². The minimum Gasteiger partial charge on any atom is -0.366 e. The van der Waals surface area contributed by atoms with E-state index in [4.69, 9.17) is 5.73 Å². The van der Waals surface area contributed by atoms with Crippen molar-refractivity contribution in [3.8, 4) is 0 Å². The summed E-state index contributed by atoms with van der Waals surface area (Å²) in [4.78, 5) is 41.7. The lowest BCUT2D eigenvalue weighted by Crippen LogP contribution is -2.33. The van der Waals surface area contributed by atoms with Crippen molar-refractivity contribution in [2.24, 2.45) is 5.73 Å². The third-order valence-electron chi connectivity index (χ3n) is 3.68. The molecule has 104 valence electrons. The van der Waals surface area contributed by atoms with Gasteiger partial charge in [0.15, 0.2) is 0 Å². The Balaban J connectivity index is 2.44. The number of carbonyl (C=O) groups is 1. The molecule has 1 aromatic carbocycles. The molecule has 1 aliphatic heterocycles. The van der Waals surface area contributed by atoms with E-state index in [-0.39, 0.29) is 0 Å². The van der Waals surface area contributed by atoms with Crippen molar-refractivity contribution in [2.45, 2.75) is 13.0 Å². The van der Waals surface area contributed by atoms with Gasteiger partial charge in [0.25, 0.3) is 0 Å². The zero-order valence-corrected chi connectivity index (χ0v) is 10.9. The molecule has 0 saturated heterocycles. The lowest BCUT2D eigenvalue weighted by molar-refractivity contribution is 0.0998. The fraction of sp³-hybridized carbons (Fsp3) is 0.308. The first-order valence-corrected chi connectivity index (χ1v) is 6.27. The molecule has 7 heteroatoms. The number of nitrogens with zero attached hydrogens (tertiary/aromatic N) is 1. The summed E-state index contributed by atoms with van der Waals surface area (Å²) in [5.41, 5.74) is 7.08. The van der Waals surface area contributed by atoms with Crippen molar-refractivity contribution in [1.82, 2.24) is 14.9 Å². The largest absolute Gasteiger partial charge is 0.366 e. The second-order valence-corrected chi connectivity index (χ2v) is 5.06. The molecule has 4 N–H and O–H groups in total. The summed E-state index contributed by atoms with van der Waals surface area (Å²) in [5, 5.41) is 0. The number of carbonyl (C=O) groups excluding carboxylic acids is 1. The molecule has 1 amide bonds. The summed E-state index contributed by atoms with van der Waals surface area (Å²) in [7, 11) is 1.95. The van der Waals surface area contributed by atoms with Crippen LogP contribution in [-0.4, -0.2) is 34.4 Å². The van der Waals surface area contributed by atoms with Gasteiger partial charge in [-0.3, -0.25) is 14.4 Å². The van der Waals surface area contributed by atoms with Crippen LogP contribution in [0.5, 0.6) is 0 Å². The number of nitrogens with two attached hydrogens (primary N) is 1. The van der Waals surface area contributed by atoms with Gasteiger partial charge in [-0.1, -0.05) is 0 Å². The zero-order chi connectivity index (χ0) is 14.4. The average molecular weight is 274 g/mol. The predicted octanol–water partition coefficient (Wildman–Crippen LogP) is -0.697. The van der Waals surface area contributed by atoms with Crippen LogP contribution < -0.4 is 16.9 Å². The summed E-state index contributed by atoms with van der Waals surface area (Å²) >= 11 is 0. The second kappa shape index (κ2) is 4.31. The van der Waals surface area contributed by atoms with E-state index in [1.54, 1.807) is 6.07 Å². The standard InChI is InChI=1S/C13H14N4O3/c1-17-3-2-6-7(11(14)18)4-9-10(8(6)5-17)16-13(20)12(19)15-9/h4H,2-3,5H2,1H3,(H2,14,18)(H,15,19)(H,16,20). The van der Waals surface area contributed by atoms with Crippen LogP contribution in [-0.2, 0) is 13.0 Å². The van der Waals surface area contributed by atoms with Crippen LogP contribution in [0.3, 0.4) is 0 Å². The lowest BCUT2D eigenvalue weighted by atomic mass is 9.92. The molecule has 0 radical (unpaired) electrons. The van der Waals surface area contributed by atoms with Crippen LogP contribution in [0.25, 0.3) is 11.0 Å². The van der Waals surface area contributed by atoms with Crippen molar-refractivity contribution in [2.75, 3.05) is 13.6 Å². The third-order valence-corrected chi connectivity index (χ3v) is 3.68. The number of aromatic amines is 2. The van der Waals surface area contributed by atoms with E-state index in [1.165, 1.54) is 0 Å². The molecule has 0 spiro atoms. The van der Waals surface area contributed by atoms with E-state index in [2.05, 4.69) is 14.9 Å². The van der Waals surface area contributed by atoms with Crippen molar-refractivity contribution in [3.05, 3.63) is 43.5 Å². The molecule has 3 rings (SSSR count). The van der Waals surface area contributed by atoms with Gasteiger partial charge in [-0.05, 0) is 30.7 Å². The Morgan fingerprint density at radius 2 is 1.95 bits per heavy atom. The Labute approximate surface area is 113 Å². The first-order valence-electron chi connectivity index (χ1n) is 6.27. The molecule has 2 heterocycles. The molecule has 1 aliphatic rings. The summed E-state index contributed by atoms with van der Waals surface area (Å²) in [6, 6.07) is 1.54. The van der Waals surface area contributed by atoms with E-state index >= 15 is 0 Å². The van der Waals surface area contributed by atoms with Crippen LogP contribution in [0.1, 0.15) is 21.5 Å². The molecule has 0 atom stereocenters. The minimum absolute atomic E-state index is 0.406. The Kier molecular flexibility index (Phi) is 2.72. The van der Waals surface area contributed by atoms with Crippen molar-refractivity contribution < 1.29 is 4.79 Å². The monoisotopic (exact) mass is 274 g/mol. The predicted molar refractivity (Wildman–Crippen MR) is 73.7 cm³/mol. The molecule has 7 nitrogen and oxygen atoms in total. The maximum atomic E-state index is 11.6. The Morgan fingerprint density at radius 1 is 1.25 bits per heavy atom. The van der Waals surface area contributed by atoms with Crippen LogP contribution in [0.4, 0.5) is 0 Å². The molecular formula is C13H14N4O3. The lowest BCUT2D eigenvalue weighted by Gasteiger charge is -2.27. The van der Waals surface area contributed by atoms with Gasteiger partial charge in [-0.25, -0.2) is 0 Å². The smallest absolute Gasteiger partial charge is 0.314 e. The van der Waals surface area contributed by atoms with Gasteiger partial charge in [0.2, 0.25) is 5.91 Å². The molecular weight excluding hydrogens is 260 g/mol. The molecule has 1 aromatic heterocycles. The minimum atomic E-state index is -0.739. The quantitative estimate of drug-likeness (QED) is 0.597. The highest BCUT2D eigenvalue weighted by molar-refractivity contribution is 5.99. The number of amides is 1. The number of rotatable bonds is 1. The number of hydrogen-bond acceptors (Lipinski definition) is 4. The number of primary amides is 1. The number of fused-ring (bicyclic) bond motifs is 3. The van der Waals surface area contributed by atoms with Gasteiger partial charge in [0.1, 0.15) is 0 Å². The number of benzene rings is 1. The summed E-state index contributed by atoms with van der Waals surface area (Å²) < 4.78 is 0. The number of H-pyrrole nitrogens is 2. The van der Waals surface area contributed by atoms with Crippen molar-refractivity contribution in [3.63, 3.8) is 0 Å². The number of aromatic nitrogens is 2. The Hall–Kier alpha value is -2.41. The summed E-state index contributed by atoms with van der Waals surface area (Å²) in [6.45, 7) is 1.40. The van der Waals surface area contributed by atoms with Gasteiger partial charge in [-0.15, -0.1) is 0 Å². The van der Waals surface area contributed by atoms with Gasteiger partial charge in [0, 0.05) is 18.7 Å². The van der Waals surface area contributed by atoms with Crippen LogP contribution >= 0.6 is 0 Å². The van der Waals surface area contributed by atoms with E-state index in [9.17, 15) is 14.4 Å². The van der Waals surface area contributed by atoms with Gasteiger partial charge >= 0.3 is 11.1 Å².